The molecule has 1 rings (SSSR count). The van der Waals surface area contributed by atoms with E-state index in [4.69, 9.17) is 15.7 Å². The number of hydrogen-bond donors (Lipinski definition) is 1. The Morgan fingerprint density at radius 3 is 3.08 bits per heavy atom. The largest absolute Gasteiger partial charge is 0.481 e. The topological polar surface area (TPSA) is 84.8 Å². The summed E-state index contributed by atoms with van der Waals surface area (Å²) in [5.74, 6) is 0.346. The highest BCUT2D eigenvalue weighted by Gasteiger charge is 2.11. The van der Waals surface area contributed by atoms with Gasteiger partial charge in [0, 0.05) is 6.20 Å². The number of aromatic nitrogens is 2. The quantitative estimate of drug-likeness (QED) is 0.665. The summed E-state index contributed by atoms with van der Waals surface area (Å²) in [6.45, 7) is 0. The van der Waals surface area contributed by atoms with Gasteiger partial charge in [-0.25, -0.2) is 9.97 Å². The number of rotatable bonds is 2. The first-order valence-electron chi connectivity index (χ1n) is 3.28. The van der Waals surface area contributed by atoms with Gasteiger partial charge in [0.1, 0.15) is 12.4 Å². The molecule has 0 aliphatic heterocycles. The molecule has 2 N–H and O–H groups in total. The number of nitriles is 1. The van der Waals surface area contributed by atoms with Crippen LogP contribution < -0.4 is 10.5 Å². The fraction of sp³-hybridized carbons (Fsp3) is 0.286. The van der Waals surface area contributed by atoms with Crippen molar-refractivity contribution in [2.45, 2.75) is 6.04 Å². The monoisotopic (exact) mass is 164 g/mol. The zero-order valence-electron chi connectivity index (χ0n) is 6.56. The van der Waals surface area contributed by atoms with E-state index in [0.29, 0.717) is 11.4 Å². The first-order valence-corrected chi connectivity index (χ1v) is 3.28. The highest BCUT2D eigenvalue weighted by Crippen LogP contribution is 2.17. The third-order valence-electron chi connectivity index (χ3n) is 1.37. The molecule has 1 atom stereocenters. The van der Waals surface area contributed by atoms with Crippen LogP contribution in [0, 0.1) is 11.3 Å². The molecule has 0 amide bonds. The lowest BCUT2D eigenvalue weighted by molar-refractivity contribution is 0.390. The second-order valence-corrected chi connectivity index (χ2v) is 2.09. The molecular formula is C7H8N4O. The molecule has 1 aromatic heterocycles. The van der Waals surface area contributed by atoms with Crippen molar-refractivity contribution in [2.75, 3.05) is 7.11 Å². The average molecular weight is 164 g/mol. The molecule has 0 saturated carbocycles. The van der Waals surface area contributed by atoms with Crippen LogP contribution in [0.2, 0.25) is 0 Å². The van der Waals surface area contributed by atoms with Crippen molar-refractivity contribution in [3.63, 3.8) is 0 Å². The standard InChI is InChI=1S/C7H8N4O/c1-12-7-5(6(9)2-8)3-10-4-11-7/h3-4,6H,9H2,1H3. The number of nitrogens with zero attached hydrogens (tertiary/aromatic N) is 3. The van der Waals surface area contributed by atoms with E-state index in [9.17, 15) is 0 Å². The Balaban J connectivity index is 3.06. The number of ether oxygens (including phenoxy) is 1. The molecule has 1 unspecified atom stereocenters. The Hall–Kier alpha value is -1.67. The number of hydrogen-bond acceptors (Lipinski definition) is 5. The van der Waals surface area contributed by atoms with Gasteiger partial charge in [0.2, 0.25) is 5.88 Å². The van der Waals surface area contributed by atoms with E-state index in [2.05, 4.69) is 9.97 Å². The highest BCUT2D eigenvalue weighted by atomic mass is 16.5. The van der Waals surface area contributed by atoms with Gasteiger partial charge in [-0.1, -0.05) is 0 Å². The van der Waals surface area contributed by atoms with Gasteiger partial charge in [0.25, 0.3) is 0 Å². The lowest BCUT2D eigenvalue weighted by atomic mass is 10.2. The van der Waals surface area contributed by atoms with E-state index in [-0.39, 0.29) is 0 Å². The van der Waals surface area contributed by atoms with E-state index < -0.39 is 6.04 Å². The van der Waals surface area contributed by atoms with Crippen molar-refractivity contribution in [1.82, 2.24) is 9.97 Å². The second kappa shape index (κ2) is 3.64. The molecule has 12 heavy (non-hydrogen) atoms. The second-order valence-electron chi connectivity index (χ2n) is 2.09. The van der Waals surface area contributed by atoms with Gasteiger partial charge in [-0.2, -0.15) is 5.26 Å². The molecule has 0 bridgehead atoms. The average Bonchev–Trinajstić information content (AvgIpc) is 2.16. The van der Waals surface area contributed by atoms with Crippen LogP contribution in [0.1, 0.15) is 11.6 Å². The third kappa shape index (κ3) is 1.49. The van der Waals surface area contributed by atoms with Gasteiger partial charge in [0.15, 0.2) is 0 Å². The molecule has 0 aliphatic carbocycles. The van der Waals surface area contributed by atoms with Crippen LogP contribution in [0.3, 0.4) is 0 Å². The van der Waals surface area contributed by atoms with Crippen molar-refractivity contribution >= 4 is 0 Å². The van der Waals surface area contributed by atoms with E-state index >= 15 is 0 Å². The fourth-order valence-electron chi connectivity index (χ4n) is 0.783. The maximum atomic E-state index is 8.52. The molecule has 62 valence electrons. The Labute approximate surface area is 69.8 Å². The van der Waals surface area contributed by atoms with Crippen LogP contribution in [0.4, 0.5) is 0 Å². The van der Waals surface area contributed by atoms with Crippen molar-refractivity contribution in [3.8, 4) is 11.9 Å². The molecule has 1 heterocycles. The van der Waals surface area contributed by atoms with Gasteiger partial charge >= 0.3 is 0 Å². The van der Waals surface area contributed by atoms with Crippen LogP contribution in [-0.2, 0) is 0 Å². The van der Waals surface area contributed by atoms with Gasteiger partial charge in [-0.3, -0.25) is 0 Å². The molecule has 5 nitrogen and oxygen atoms in total. The van der Waals surface area contributed by atoms with Crippen molar-refractivity contribution in [3.05, 3.63) is 18.1 Å². The van der Waals surface area contributed by atoms with Gasteiger partial charge < -0.3 is 10.5 Å². The van der Waals surface area contributed by atoms with Crippen molar-refractivity contribution in [1.29, 1.82) is 5.26 Å². The Morgan fingerprint density at radius 2 is 2.50 bits per heavy atom. The molecule has 0 aliphatic rings. The summed E-state index contributed by atoms with van der Waals surface area (Å²) in [4.78, 5) is 7.54. The predicted octanol–water partition coefficient (Wildman–Crippen LogP) is 0.00858. The molecule has 0 radical (unpaired) electrons. The first kappa shape index (κ1) is 8.43. The summed E-state index contributed by atoms with van der Waals surface area (Å²) in [5, 5.41) is 8.52. The molecular weight excluding hydrogens is 156 g/mol. The van der Waals surface area contributed by atoms with Crippen LogP contribution in [-0.4, -0.2) is 17.1 Å². The molecule has 1 aromatic rings. The summed E-state index contributed by atoms with van der Waals surface area (Å²) in [6.07, 6.45) is 2.81. The molecule has 0 saturated heterocycles. The van der Waals surface area contributed by atoms with Crippen molar-refractivity contribution in [2.24, 2.45) is 5.73 Å². The summed E-state index contributed by atoms with van der Waals surface area (Å²) in [6, 6.07) is 1.14. The summed E-state index contributed by atoms with van der Waals surface area (Å²) in [7, 11) is 1.47. The van der Waals surface area contributed by atoms with Gasteiger partial charge in [-0.05, 0) is 0 Å². The first-order chi connectivity index (χ1) is 5.79. The van der Waals surface area contributed by atoms with E-state index in [0.717, 1.165) is 0 Å². The van der Waals surface area contributed by atoms with E-state index in [1.807, 2.05) is 6.07 Å². The lowest BCUT2D eigenvalue weighted by Gasteiger charge is -2.06. The smallest absolute Gasteiger partial charge is 0.222 e. The van der Waals surface area contributed by atoms with E-state index in [1.54, 1.807) is 0 Å². The maximum absolute atomic E-state index is 8.52. The SMILES string of the molecule is COc1ncncc1C(N)C#N. The highest BCUT2D eigenvalue weighted by molar-refractivity contribution is 5.29. The minimum atomic E-state index is -0.735. The van der Waals surface area contributed by atoms with E-state index in [1.165, 1.54) is 19.6 Å². The zero-order chi connectivity index (χ0) is 8.97. The number of methoxy groups -OCH3 is 1. The summed E-state index contributed by atoms with van der Waals surface area (Å²) in [5.41, 5.74) is 5.95. The number of nitrogens with two attached hydrogens (primary N) is 1. The maximum Gasteiger partial charge on any atom is 0.222 e. The normalized spacial score (nSPS) is 11.8. The fourth-order valence-corrected chi connectivity index (χ4v) is 0.783. The van der Waals surface area contributed by atoms with Crippen LogP contribution in [0.5, 0.6) is 5.88 Å². The van der Waals surface area contributed by atoms with Crippen LogP contribution in [0.25, 0.3) is 0 Å². The third-order valence-corrected chi connectivity index (χ3v) is 1.37. The van der Waals surface area contributed by atoms with Crippen molar-refractivity contribution < 1.29 is 4.74 Å². The Morgan fingerprint density at radius 1 is 1.75 bits per heavy atom. The molecule has 0 fully saturated rings. The Bertz CT molecular complexity index is 307. The minimum absolute atomic E-state index is 0.346. The minimum Gasteiger partial charge on any atom is -0.481 e. The molecule has 0 aromatic carbocycles. The van der Waals surface area contributed by atoms with Gasteiger partial charge in [-0.15, -0.1) is 0 Å². The van der Waals surface area contributed by atoms with Gasteiger partial charge in [0.05, 0.1) is 18.7 Å². The molecule has 5 heteroatoms. The zero-order valence-corrected chi connectivity index (χ0v) is 6.56. The summed E-state index contributed by atoms with van der Waals surface area (Å²) >= 11 is 0. The lowest BCUT2D eigenvalue weighted by Crippen LogP contribution is -2.10. The Kier molecular flexibility index (Phi) is 2.56. The molecule has 0 spiro atoms. The summed E-state index contributed by atoms with van der Waals surface area (Å²) < 4.78 is 4.89. The van der Waals surface area contributed by atoms with Crippen LogP contribution in [0.15, 0.2) is 12.5 Å². The predicted molar refractivity (Wildman–Crippen MR) is 41.1 cm³/mol. The van der Waals surface area contributed by atoms with Crippen LogP contribution >= 0.6 is 0 Å².